The number of methoxy groups -OCH3 is 2. The Bertz CT molecular complexity index is 1030. The van der Waals surface area contributed by atoms with Gasteiger partial charge in [-0.3, -0.25) is 0 Å². The summed E-state index contributed by atoms with van der Waals surface area (Å²) in [5, 5.41) is 0. The fourth-order valence-electron chi connectivity index (χ4n) is 3.35. The highest BCUT2D eigenvalue weighted by Crippen LogP contribution is 2.43. The summed E-state index contributed by atoms with van der Waals surface area (Å²) >= 11 is 0. The number of anilines is 2. The molecule has 0 bridgehead atoms. The minimum absolute atomic E-state index is 0.148. The number of aromatic nitrogens is 2. The lowest BCUT2D eigenvalue weighted by Gasteiger charge is -2.19. The molecular weight excluding hydrogens is 396 g/mol. The van der Waals surface area contributed by atoms with E-state index >= 15 is 0 Å². The molecule has 0 saturated heterocycles. The third-order valence-electron chi connectivity index (χ3n) is 4.71. The van der Waals surface area contributed by atoms with Gasteiger partial charge in [-0.25, -0.2) is 4.98 Å². The first-order valence-corrected chi connectivity index (χ1v) is 10.0. The Hall–Kier alpha value is -3.68. The summed E-state index contributed by atoms with van der Waals surface area (Å²) in [5.74, 6) is 3.18. The first-order chi connectivity index (χ1) is 15.0. The summed E-state index contributed by atoms with van der Waals surface area (Å²) in [6, 6.07) is 9.68. The second kappa shape index (κ2) is 9.88. The van der Waals surface area contributed by atoms with Crippen LogP contribution in [0.25, 0.3) is 11.1 Å². The molecular formula is C23H28N4O4. The first-order valence-electron chi connectivity index (χ1n) is 10.0. The summed E-state index contributed by atoms with van der Waals surface area (Å²) in [5.41, 5.74) is 15.1. The Labute approximate surface area is 182 Å². The van der Waals surface area contributed by atoms with Crippen LogP contribution in [0.1, 0.15) is 25.0 Å². The van der Waals surface area contributed by atoms with E-state index in [9.17, 15) is 0 Å². The molecule has 164 valence electrons. The van der Waals surface area contributed by atoms with Crippen molar-refractivity contribution in [2.45, 2.75) is 20.3 Å². The zero-order valence-electron chi connectivity index (χ0n) is 18.3. The lowest BCUT2D eigenvalue weighted by Crippen LogP contribution is -2.05. The van der Waals surface area contributed by atoms with E-state index in [-0.39, 0.29) is 5.95 Å². The molecule has 0 unspecified atom stereocenters. The molecule has 0 aliphatic rings. The van der Waals surface area contributed by atoms with Gasteiger partial charge in [0.05, 0.1) is 33.0 Å². The van der Waals surface area contributed by atoms with E-state index < -0.39 is 0 Å². The van der Waals surface area contributed by atoms with Gasteiger partial charge < -0.3 is 30.4 Å². The summed E-state index contributed by atoms with van der Waals surface area (Å²) in [7, 11) is 3.22. The SMILES string of the molecule is CCOc1cc(Cc2cnc(N)nc2N)cc(OCC)c1-c1ccc(OC)c(OC)c1. The minimum atomic E-state index is 0.148. The normalized spacial score (nSPS) is 10.6. The number of hydrogen-bond donors (Lipinski definition) is 2. The monoisotopic (exact) mass is 424 g/mol. The highest BCUT2D eigenvalue weighted by molar-refractivity contribution is 5.79. The molecule has 31 heavy (non-hydrogen) atoms. The average Bonchev–Trinajstić information content (AvgIpc) is 2.76. The van der Waals surface area contributed by atoms with Crippen LogP contribution in [-0.2, 0) is 6.42 Å². The molecule has 1 heterocycles. The molecule has 0 fully saturated rings. The lowest BCUT2D eigenvalue weighted by molar-refractivity contribution is 0.325. The van der Waals surface area contributed by atoms with Crippen molar-refractivity contribution in [3.8, 4) is 34.1 Å². The average molecular weight is 425 g/mol. The maximum Gasteiger partial charge on any atom is 0.221 e. The van der Waals surface area contributed by atoms with Crippen LogP contribution in [0.4, 0.5) is 11.8 Å². The fraction of sp³-hybridized carbons (Fsp3) is 0.304. The van der Waals surface area contributed by atoms with Crippen LogP contribution in [0.2, 0.25) is 0 Å². The van der Waals surface area contributed by atoms with Crippen LogP contribution < -0.4 is 30.4 Å². The molecule has 1 aromatic heterocycles. The zero-order valence-corrected chi connectivity index (χ0v) is 18.3. The third-order valence-corrected chi connectivity index (χ3v) is 4.71. The van der Waals surface area contributed by atoms with Crippen molar-refractivity contribution in [2.24, 2.45) is 0 Å². The fourth-order valence-corrected chi connectivity index (χ4v) is 3.35. The third kappa shape index (κ3) is 4.91. The van der Waals surface area contributed by atoms with Gasteiger partial charge in [-0.2, -0.15) is 4.98 Å². The smallest absolute Gasteiger partial charge is 0.221 e. The molecule has 0 radical (unpaired) electrons. The number of nitrogen functional groups attached to an aromatic ring is 2. The number of rotatable bonds is 9. The molecule has 3 rings (SSSR count). The van der Waals surface area contributed by atoms with E-state index in [2.05, 4.69) is 9.97 Å². The van der Waals surface area contributed by atoms with Crippen molar-refractivity contribution in [1.82, 2.24) is 9.97 Å². The molecule has 8 nitrogen and oxygen atoms in total. The molecule has 0 saturated carbocycles. The number of hydrogen-bond acceptors (Lipinski definition) is 8. The van der Waals surface area contributed by atoms with Gasteiger partial charge in [-0.05, 0) is 49.2 Å². The molecule has 8 heteroatoms. The van der Waals surface area contributed by atoms with Crippen LogP contribution in [-0.4, -0.2) is 37.4 Å². The van der Waals surface area contributed by atoms with Gasteiger partial charge in [0.15, 0.2) is 11.5 Å². The van der Waals surface area contributed by atoms with Gasteiger partial charge in [0.2, 0.25) is 5.95 Å². The van der Waals surface area contributed by atoms with E-state index in [1.54, 1.807) is 20.4 Å². The number of nitrogens with two attached hydrogens (primary N) is 2. The molecule has 2 aromatic carbocycles. The van der Waals surface area contributed by atoms with E-state index in [1.165, 1.54) is 0 Å². The van der Waals surface area contributed by atoms with E-state index in [0.717, 1.165) is 22.3 Å². The Morgan fingerprint density at radius 2 is 1.48 bits per heavy atom. The molecule has 3 aromatic rings. The summed E-state index contributed by atoms with van der Waals surface area (Å²) in [6.07, 6.45) is 2.15. The Kier molecular flexibility index (Phi) is 7.02. The predicted octanol–water partition coefficient (Wildman–Crippen LogP) is 3.71. The van der Waals surface area contributed by atoms with Crippen LogP contribution in [0.15, 0.2) is 36.5 Å². The minimum Gasteiger partial charge on any atom is -0.493 e. The van der Waals surface area contributed by atoms with Gasteiger partial charge in [0.25, 0.3) is 0 Å². The van der Waals surface area contributed by atoms with Gasteiger partial charge in [0.1, 0.15) is 17.3 Å². The molecule has 0 aliphatic carbocycles. The zero-order chi connectivity index (χ0) is 22.4. The molecule has 0 aliphatic heterocycles. The van der Waals surface area contributed by atoms with Gasteiger partial charge in [0, 0.05) is 18.2 Å². The van der Waals surface area contributed by atoms with Crippen LogP contribution in [0.3, 0.4) is 0 Å². The molecule has 0 amide bonds. The van der Waals surface area contributed by atoms with Crippen LogP contribution >= 0.6 is 0 Å². The predicted molar refractivity (Wildman–Crippen MR) is 121 cm³/mol. The molecule has 4 N–H and O–H groups in total. The first kappa shape index (κ1) is 22.0. The van der Waals surface area contributed by atoms with Crippen molar-refractivity contribution < 1.29 is 18.9 Å². The number of nitrogens with zero attached hydrogens (tertiary/aromatic N) is 2. The summed E-state index contributed by atoms with van der Waals surface area (Å²) < 4.78 is 22.8. The summed E-state index contributed by atoms with van der Waals surface area (Å²) in [4.78, 5) is 8.10. The van der Waals surface area contributed by atoms with Gasteiger partial charge >= 0.3 is 0 Å². The number of ether oxygens (including phenoxy) is 4. The highest BCUT2D eigenvalue weighted by Gasteiger charge is 2.18. The number of benzene rings is 2. The van der Waals surface area contributed by atoms with Gasteiger partial charge in [-0.1, -0.05) is 6.07 Å². The topological polar surface area (TPSA) is 115 Å². The van der Waals surface area contributed by atoms with E-state index in [1.807, 2.05) is 44.2 Å². The Balaban J connectivity index is 2.12. The van der Waals surface area contributed by atoms with Crippen LogP contribution in [0, 0.1) is 0 Å². The van der Waals surface area contributed by atoms with Crippen LogP contribution in [0.5, 0.6) is 23.0 Å². The lowest BCUT2D eigenvalue weighted by atomic mass is 9.98. The largest absolute Gasteiger partial charge is 0.493 e. The van der Waals surface area contributed by atoms with Crippen molar-refractivity contribution in [1.29, 1.82) is 0 Å². The molecule has 0 spiro atoms. The van der Waals surface area contributed by atoms with Crippen molar-refractivity contribution in [3.05, 3.63) is 47.7 Å². The van der Waals surface area contributed by atoms with E-state index in [0.29, 0.717) is 48.5 Å². The molecule has 0 atom stereocenters. The summed E-state index contributed by atoms with van der Waals surface area (Å²) in [6.45, 7) is 4.89. The quantitative estimate of drug-likeness (QED) is 0.534. The maximum atomic E-state index is 6.02. The van der Waals surface area contributed by atoms with Crippen molar-refractivity contribution in [3.63, 3.8) is 0 Å². The maximum absolute atomic E-state index is 6.02. The van der Waals surface area contributed by atoms with Crippen molar-refractivity contribution >= 4 is 11.8 Å². The highest BCUT2D eigenvalue weighted by atomic mass is 16.5. The van der Waals surface area contributed by atoms with E-state index in [4.69, 9.17) is 30.4 Å². The Morgan fingerprint density at radius 1 is 0.839 bits per heavy atom. The van der Waals surface area contributed by atoms with Gasteiger partial charge in [-0.15, -0.1) is 0 Å². The Morgan fingerprint density at radius 3 is 2.03 bits per heavy atom. The van der Waals surface area contributed by atoms with Crippen molar-refractivity contribution in [2.75, 3.05) is 38.9 Å². The standard InChI is InChI=1S/C23H28N4O4/c1-5-30-19-10-14(9-16-13-26-23(25)27-22(16)24)11-20(31-6-2)21(19)15-7-8-17(28-3)18(12-15)29-4/h7-8,10-13H,5-6,9H2,1-4H3,(H4,24,25,26,27). The second-order valence-electron chi connectivity index (χ2n) is 6.72. The second-order valence-corrected chi connectivity index (χ2v) is 6.72.